The van der Waals surface area contributed by atoms with Gasteiger partial charge in [0.25, 0.3) is 11.8 Å². The Morgan fingerprint density at radius 2 is 1.76 bits per heavy atom. The molecule has 1 aromatic heterocycles. The first-order chi connectivity index (χ1) is 14.1. The Kier molecular flexibility index (Phi) is 5.69. The minimum Gasteiger partial charge on any atom is -0.497 e. The maximum Gasteiger partial charge on any atom is 0.274 e. The Morgan fingerprint density at radius 1 is 1.00 bits per heavy atom. The molecule has 2 aliphatic heterocycles. The SMILES string of the molecule is COc1cccc(OCC(=O)N2CCN(C(=O)c3cc4n(n3)CCCC4)CC2)c1. The number of carbonyl (C=O) groups excluding carboxylic acids is 2. The Labute approximate surface area is 170 Å². The van der Waals surface area contributed by atoms with E-state index < -0.39 is 0 Å². The highest BCUT2D eigenvalue weighted by molar-refractivity contribution is 5.92. The molecule has 1 fully saturated rings. The number of fused-ring (bicyclic) bond motifs is 1. The molecule has 2 amide bonds. The number of rotatable bonds is 5. The van der Waals surface area contributed by atoms with Crippen LogP contribution in [-0.4, -0.2) is 71.3 Å². The van der Waals surface area contributed by atoms with Gasteiger partial charge >= 0.3 is 0 Å². The van der Waals surface area contributed by atoms with Crippen LogP contribution in [0.15, 0.2) is 30.3 Å². The molecule has 29 heavy (non-hydrogen) atoms. The summed E-state index contributed by atoms with van der Waals surface area (Å²) >= 11 is 0. The van der Waals surface area contributed by atoms with E-state index in [0.717, 1.165) is 31.5 Å². The summed E-state index contributed by atoms with van der Waals surface area (Å²) in [6, 6.07) is 9.09. The largest absolute Gasteiger partial charge is 0.497 e. The van der Waals surface area contributed by atoms with Crippen molar-refractivity contribution in [2.24, 2.45) is 0 Å². The number of aryl methyl sites for hydroxylation is 2. The number of hydrogen-bond donors (Lipinski definition) is 0. The molecule has 4 rings (SSSR count). The topological polar surface area (TPSA) is 76.9 Å². The van der Waals surface area contributed by atoms with Gasteiger partial charge in [0.1, 0.15) is 11.5 Å². The third-order valence-electron chi connectivity index (χ3n) is 5.46. The average Bonchev–Trinajstić information content (AvgIpc) is 3.21. The molecule has 8 nitrogen and oxygen atoms in total. The quantitative estimate of drug-likeness (QED) is 0.765. The third-order valence-corrected chi connectivity index (χ3v) is 5.46. The second-order valence-electron chi connectivity index (χ2n) is 7.34. The number of piperazine rings is 1. The summed E-state index contributed by atoms with van der Waals surface area (Å²) in [6.07, 6.45) is 3.24. The summed E-state index contributed by atoms with van der Waals surface area (Å²) in [7, 11) is 1.59. The molecule has 1 aromatic carbocycles. The standard InChI is InChI=1S/C21H26N4O4/c1-28-17-6-4-7-18(14-17)29-15-20(26)23-9-11-24(12-10-23)21(27)19-13-16-5-2-3-8-25(16)22-19/h4,6-7,13-14H,2-3,5,8-12,15H2,1H3. The van der Waals surface area contributed by atoms with Gasteiger partial charge in [0.2, 0.25) is 0 Å². The van der Waals surface area contributed by atoms with E-state index in [1.54, 1.807) is 29.0 Å². The van der Waals surface area contributed by atoms with E-state index >= 15 is 0 Å². The minimum atomic E-state index is -0.0858. The Bertz CT molecular complexity index is 863. The molecular weight excluding hydrogens is 372 g/mol. The van der Waals surface area contributed by atoms with Crippen LogP contribution in [0.3, 0.4) is 0 Å². The fourth-order valence-electron chi connectivity index (χ4n) is 3.77. The first-order valence-corrected chi connectivity index (χ1v) is 10.0. The van der Waals surface area contributed by atoms with Crippen molar-refractivity contribution in [3.63, 3.8) is 0 Å². The Morgan fingerprint density at radius 3 is 2.52 bits per heavy atom. The summed E-state index contributed by atoms with van der Waals surface area (Å²) < 4.78 is 12.7. The van der Waals surface area contributed by atoms with Crippen LogP contribution >= 0.6 is 0 Å². The van der Waals surface area contributed by atoms with Crippen LogP contribution in [0.25, 0.3) is 0 Å². The number of nitrogens with zero attached hydrogens (tertiary/aromatic N) is 4. The van der Waals surface area contributed by atoms with Gasteiger partial charge < -0.3 is 19.3 Å². The molecular formula is C21H26N4O4. The van der Waals surface area contributed by atoms with Crippen LogP contribution in [0.4, 0.5) is 0 Å². The second-order valence-corrected chi connectivity index (χ2v) is 7.34. The van der Waals surface area contributed by atoms with Crippen LogP contribution < -0.4 is 9.47 Å². The monoisotopic (exact) mass is 398 g/mol. The molecule has 0 unspecified atom stereocenters. The summed E-state index contributed by atoms with van der Waals surface area (Å²) in [4.78, 5) is 28.7. The normalized spacial score (nSPS) is 16.3. The van der Waals surface area contributed by atoms with Crippen molar-refractivity contribution in [3.05, 3.63) is 41.7 Å². The first-order valence-electron chi connectivity index (χ1n) is 10.0. The van der Waals surface area contributed by atoms with Crippen LogP contribution in [-0.2, 0) is 17.8 Å². The number of aromatic nitrogens is 2. The van der Waals surface area contributed by atoms with Crippen molar-refractivity contribution < 1.29 is 19.1 Å². The maximum atomic E-state index is 12.8. The van der Waals surface area contributed by atoms with E-state index in [9.17, 15) is 9.59 Å². The third kappa shape index (κ3) is 4.36. The number of amides is 2. The molecule has 154 valence electrons. The van der Waals surface area contributed by atoms with Crippen LogP contribution in [0.5, 0.6) is 11.5 Å². The molecule has 0 radical (unpaired) electrons. The van der Waals surface area contributed by atoms with Gasteiger partial charge in [-0.2, -0.15) is 5.10 Å². The predicted octanol–water partition coefficient (Wildman–Crippen LogP) is 1.59. The lowest BCUT2D eigenvalue weighted by molar-refractivity contribution is -0.134. The molecule has 1 saturated heterocycles. The van der Waals surface area contributed by atoms with Crippen molar-refractivity contribution in [3.8, 4) is 11.5 Å². The molecule has 0 saturated carbocycles. The van der Waals surface area contributed by atoms with Crippen LogP contribution in [0, 0.1) is 0 Å². The summed E-state index contributed by atoms with van der Waals surface area (Å²) in [5.74, 6) is 1.14. The lowest BCUT2D eigenvalue weighted by atomic mass is 10.1. The minimum absolute atomic E-state index is 0.0329. The van der Waals surface area contributed by atoms with E-state index in [1.165, 1.54) is 0 Å². The van der Waals surface area contributed by atoms with Gasteiger partial charge in [0, 0.05) is 44.5 Å². The fraction of sp³-hybridized carbons (Fsp3) is 0.476. The van der Waals surface area contributed by atoms with E-state index in [-0.39, 0.29) is 18.4 Å². The van der Waals surface area contributed by atoms with Gasteiger partial charge in [-0.15, -0.1) is 0 Å². The zero-order chi connectivity index (χ0) is 20.2. The van der Waals surface area contributed by atoms with Gasteiger partial charge in [-0.1, -0.05) is 6.07 Å². The highest BCUT2D eigenvalue weighted by Gasteiger charge is 2.27. The van der Waals surface area contributed by atoms with Gasteiger partial charge in [-0.25, -0.2) is 0 Å². The maximum absolute atomic E-state index is 12.8. The number of hydrogen-bond acceptors (Lipinski definition) is 5. The van der Waals surface area contributed by atoms with E-state index in [1.807, 2.05) is 22.9 Å². The zero-order valence-corrected chi connectivity index (χ0v) is 16.7. The summed E-state index contributed by atoms with van der Waals surface area (Å²) in [5.41, 5.74) is 1.66. The molecule has 0 atom stereocenters. The van der Waals surface area contributed by atoms with E-state index in [2.05, 4.69) is 5.10 Å². The van der Waals surface area contributed by atoms with Crippen molar-refractivity contribution in [1.82, 2.24) is 19.6 Å². The van der Waals surface area contributed by atoms with Crippen molar-refractivity contribution in [1.29, 1.82) is 0 Å². The second kappa shape index (κ2) is 8.55. The highest BCUT2D eigenvalue weighted by Crippen LogP contribution is 2.19. The summed E-state index contributed by atoms with van der Waals surface area (Å²) in [6.45, 7) is 2.87. The van der Waals surface area contributed by atoms with Gasteiger partial charge in [-0.05, 0) is 37.5 Å². The van der Waals surface area contributed by atoms with Gasteiger partial charge in [0.05, 0.1) is 7.11 Å². The molecule has 2 aliphatic rings. The van der Waals surface area contributed by atoms with Crippen molar-refractivity contribution in [2.45, 2.75) is 25.8 Å². The average molecular weight is 398 g/mol. The van der Waals surface area contributed by atoms with Gasteiger partial charge in [-0.3, -0.25) is 14.3 Å². The smallest absolute Gasteiger partial charge is 0.274 e. The number of ether oxygens (including phenoxy) is 2. The number of carbonyl (C=O) groups is 2. The van der Waals surface area contributed by atoms with Gasteiger partial charge in [0.15, 0.2) is 12.3 Å². The first kappa shape index (κ1) is 19.3. The molecule has 0 aliphatic carbocycles. The zero-order valence-electron chi connectivity index (χ0n) is 16.7. The fourth-order valence-corrected chi connectivity index (χ4v) is 3.77. The summed E-state index contributed by atoms with van der Waals surface area (Å²) in [5, 5.41) is 4.47. The van der Waals surface area contributed by atoms with Crippen LogP contribution in [0.1, 0.15) is 29.0 Å². The Hall–Kier alpha value is -3.03. The van der Waals surface area contributed by atoms with E-state index in [4.69, 9.17) is 9.47 Å². The molecule has 8 heteroatoms. The molecule has 2 aromatic rings. The number of benzene rings is 1. The van der Waals surface area contributed by atoms with Crippen molar-refractivity contribution >= 4 is 11.8 Å². The van der Waals surface area contributed by atoms with E-state index in [0.29, 0.717) is 43.4 Å². The molecule has 0 N–H and O–H groups in total. The molecule has 0 spiro atoms. The lowest BCUT2D eigenvalue weighted by Crippen LogP contribution is -2.51. The highest BCUT2D eigenvalue weighted by atomic mass is 16.5. The van der Waals surface area contributed by atoms with Crippen molar-refractivity contribution in [2.75, 3.05) is 39.9 Å². The van der Waals surface area contributed by atoms with Crippen LogP contribution in [0.2, 0.25) is 0 Å². The molecule has 0 bridgehead atoms. The Balaban J connectivity index is 1.27. The predicted molar refractivity (Wildman–Crippen MR) is 106 cm³/mol. The lowest BCUT2D eigenvalue weighted by Gasteiger charge is -2.34. The molecule has 3 heterocycles. The number of methoxy groups -OCH3 is 1.